The zero-order chi connectivity index (χ0) is 22.3. The fourth-order valence-corrected chi connectivity index (χ4v) is 5.77. The van der Waals surface area contributed by atoms with Crippen LogP contribution in [0.25, 0.3) is 0 Å². The molecule has 1 unspecified atom stereocenters. The van der Waals surface area contributed by atoms with Crippen molar-refractivity contribution in [2.24, 2.45) is 11.8 Å². The molecule has 0 spiro atoms. The van der Waals surface area contributed by atoms with E-state index in [0.717, 1.165) is 0 Å². The summed E-state index contributed by atoms with van der Waals surface area (Å²) in [6.07, 6.45) is 5.42. The van der Waals surface area contributed by atoms with E-state index < -0.39 is 16.6 Å². The smallest absolute Gasteiger partial charge is 0.228 e. The first-order valence-corrected chi connectivity index (χ1v) is 16.3. The zero-order valence-electron chi connectivity index (χ0n) is 20.2. The topological polar surface area (TPSA) is 47.6 Å². The Hall–Kier alpha value is -0.616. The van der Waals surface area contributed by atoms with Crippen LogP contribution in [0, 0.1) is 24.2 Å². The number of β-lactam (4-membered cyclic amide) rings is 1. The normalized spacial score (nSPS) is 24.6. The molecule has 1 N–H and O–H groups in total. The van der Waals surface area contributed by atoms with Crippen molar-refractivity contribution in [2.75, 3.05) is 0 Å². The van der Waals surface area contributed by atoms with Gasteiger partial charge < -0.3 is 14.2 Å². The van der Waals surface area contributed by atoms with Crippen molar-refractivity contribution >= 4 is 22.5 Å². The van der Waals surface area contributed by atoms with Crippen LogP contribution >= 0.6 is 0 Å². The lowest BCUT2D eigenvalue weighted by molar-refractivity contribution is -0.143. The number of hydrogen-bond donors (Lipinski definition) is 1. The zero-order valence-corrected chi connectivity index (χ0v) is 22.2. The van der Waals surface area contributed by atoms with E-state index in [1.54, 1.807) is 0 Å². The first kappa shape index (κ1) is 25.4. The largest absolute Gasteiger partial charge is 0.413 e. The number of nitrogens with one attached hydrogen (secondary N) is 1. The molecule has 5 atom stereocenters. The fraction of sp³-hybridized carbons (Fsp3) is 0.864. The minimum atomic E-state index is -2.00. The summed E-state index contributed by atoms with van der Waals surface area (Å²) >= 11 is 0. The van der Waals surface area contributed by atoms with E-state index in [2.05, 4.69) is 85.9 Å². The van der Waals surface area contributed by atoms with Crippen molar-refractivity contribution in [3.8, 4) is 12.3 Å². The van der Waals surface area contributed by atoms with Crippen LogP contribution in [-0.4, -0.2) is 40.8 Å². The van der Waals surface area contributed by atoms with Crippen LogP contribution in [0.3, 0.4) is 0 Å². The molecule has 6 heteroatoms. The van der Waals surface area contributed by atoms with Gasteiger partial charge in [0, 0.05) is 12.0 Å². The van der Waals surface area contributed by atoms with E-state index in [0.29, 0.717) is 0 Å². The molecule has 0 aliphatic carbocycles. The van der Waals surface area contributed by atoms with E-state index in [-0.39, 0.29) is 46.1 Å². The second kappa shape index (κ2) is 8.25. The van der Waals surface area contributed by atoms with Gasteiger partial charge in [-0.1, -0.05) is 54.4 Å². The third-order valence-corrected chi connectivity index (χ3v) is 16.3. The number of hydrogen-bond acceptors (Lipinski definition) is 3. The molecule has 0 aromatic carbocycles. The Bertz CT molecular complexity index is 611. The maximum atomic E-state index is 12.4. The van der Waals surface area contributed by atoms with Crippen LogP contribution in [0.2, 0.25) is 36.3 Å². The summed E-state index contributed by atoms with van der Waals surface area (Å²) in [5.74, 6) is 2.77. The highest BCUT2D eigenvalue weighted by Crippen LogP contribution is 2.41. The predicted molar refractivity (Wildman–Crippen MR) is 123 cm³/mol. The molecule has 1 rings (SSSR count). The Morgan fingerprint density at radius 2 is 1.39 bits per heavy atom. The van der Waals surface area contributed by atoms with E-state index >= 15 is 0 Å². The van der Waals surface area contributed by atoms with Gasteiger partial charge >= 0.3 is 0 Å². The standard InChI is InChI=1S/C22H43NO3Si2/c1-14-17(26-28(12,13)22(7,8)9)15(2)19-18(20(24)23-19)16(3)25-27(10,11)21(4,5)6/h1,15-19H,2-13H3,(H,23,24)/t15-,16+,17?,18+,19+/m0/s1. The first-order chi connectivity index (χ1) is 12.4. The van der Waals surface area contributed by atoms with Gasteiger partial charge in [-0.05, 0) is 43.2 Å². The molecule has 1 heterocycles. The van der Waals surface area contributed by atoms with Crippen LogP contribution in [-0.2, 0) is 13.6 Å². The first-order valence-electron chi connectivity index (χ1n) is 10.5. The van der Waals surface area contributed by atoms with Crippen LogP contribution < -0.4 is 5.32 Å². The van der Waals surface area contributed by atoms with Crippen molar-refractivity contribution in [2.45, 2.75) is 110 Å². The van der Waals surface area contributed by atoms with Gasteiger partial charge in [0.1, 0.15) is 6.10 Å². The lowest BCUT2D eigenvalue weighted by atomic mass is 9.77. The minimum absolute atomic E-state index is 0.0157. The average molecular weight is 426 g/mol. The van der Waals surface area contributed by atoms with E-state index in [9.17, 15) is 4.79 Å². The summed E-state index contributed by atoms with van der Waals surface area (Å²) in [7, 11) is -3.95. The number of amides is 1. The molecule has 1 fully saturated rings. The Morgan fingerprint density at radius 3 is 1.75 bits per heavy atom. The molecular weight excluding hydrogens is 382 g/mol. The van der Waals surface area contributed by atoms with Gasteiger partial charge in [-0.3, -0.25) is 4.79 Å². The monoisotopic (exact) mass is 425 g/mol. The second-order valence-electron chi connectivity index (χ2n) is 11.5. The third-order valence-electron chi connectivity index (χ3n) is 7.23. The highest BCUT2D eigenvalue weighted by atomic mass is 28.4. The quantitative estimate of drug-likeness (QED) is 0.348. The summed E-state index contributed by atoms with van der Waals surface area (Å²) in [5.41, 5.74) is 0. The highest BCUT2D eigenvalue weighted by Gasteiger charge is 2.51. The summed E-state index contributed by atoms with van der Waals surface area (Å²) in [6.45, 7) is 26.3. The van der Waals surface area contributed by atoms with E-state index in [1.807, 2.05) is 6.92 Å². The van der Waals surface area contributed by atoms with Gasteiger partial charge in [0.25, 0.3) is 0 Å². The SMILES string of the molecule is C#CC(O[Si](C)(C)C(C)(C)C)[C@H](C)[C@H]1NC(=O)[C@@H]1[C@@H](C)O[Si](C)(C)C(C)(C)C. The Kier molecular flexibility index (Phi) is 7.49. The van der Waals surface area contributed by atoms with Crippen molar-refractivity contribution in [1.29, 1.82) is 0 Å². The summed E-state index contributed by atoms with van der Waals surface area (Å²) in [4.78, 5) is 12.4. The molecule has 0 aromatic rings. The van der Waals surface area contributed by atoms with Crippen molar-refractivity contribution in [1.82, 2.24) is 5.32 Å². The molecule has 1 amide bonds. The molecule has 162 valence electrons. The Labute approximate surface area is 175 Å². The van der Waals surface area contributed by atoms with Gasteiger partial charge in [0.15, 0.2) is 16.6 Å². The molecule has 0 bridgehead atoms. The van der Waals surface area contributed by atoms with Gasteiger partial charge in [-0.15, -0.1) is 6.42 Å². The lowest BCUT2D eigenvalue weighted by Crippen LogP contribution is -2.67. The molecule has 0 aromatic heterocycles. The molecule has 1 aliphatic heterocycles. The molecule has 4 nitrogen and oxygen atoms in total. The predicted octanol–water partition coefficient (Wildman–Crippen LogP) is 5.17. The van der Waals surface area contributed by atoms with Crippen LogP contribution in [0.4, 0.5) is 0 Å². The molecule has 0 radical (unpaired) electrons. The Balaban J connectivity index is 2.94. The van der Waals surface area contributed by atoms with Gasteiger partial charge in [-0.25, -0.2) is 0 Å². The summed E-state index contributed by atoms with van der Waals surface area (Å²) < 4.78 is 13.0. The van der Waals surface area contributed by atoms with Gasteiger partial charge in [0.05, 0.1) is 12.0 Å². The Morgan fingerprint density at radius 1 is 0.964 bits per heavy atom. The summed E-state index contributed by atoms with van der Waals surface area (Å²) in [6, 6.07) is -0.0157. The van der Waals surface area contributed by atoms with Crippen LogP contribution in [0.15, 0.2) is 0 Å². The van der Waals surface area contributed by atoms with E-state index in [4.69, 9.17) is 15.3 Å². The number of terminal acetylenes is 1. The molecular formula is C22H43NO3Si2. The van der Waals surface area contributed by atoms with Crippen molar-refractivity contribution in [3.63, 3.8) is 0 Å². The maximum Gasteiger partial charge on any atom is 0.228 e. The number of rotatable bonds is 7. The maximum absolute atomic E-state index is 12.4. The molecule has 1 aliphatic rings. The minimum Gasteiger partial charge on any atom is -0.413 e. The third kappa shape index (κ3) is 5.30. The number of carbonyl (C=O) groups excluding carboxylic acids is 1. The highest BCUT2D eigenvalue weighted by molar-refractivity contribution is 6.74. The molecule has 1 saturated heterocycles. The molecule has 28 heavy (non-hydrogen) atoms. The van der Waals surface area contributed by atoms with Gasteiger partial charge in [0.2, 0.25) is 5.91 Å². The second-order valence-corrected chi connectivity index (χ2v) is 21.0. The van der Waals surface area contributed by atoms with Crippen LogP contribution in [0.5, 0.6) is 0 Å². The summed E-state index contributed by atoms with van der Waals surface area (Å²) in [5, 5.41) is 3.27. The average Bonchev–Trinajstić information content (AvgIpc) is 2.46. The van der Waals surface area contributed by atoms with Gasteiger partial charge in [-0.2, -0.15) is 0 Å². The van der Waals surface area contributed by atoms with Crippen LogP contribution in [0.1, 0.15) is 55.4 Å². The van der Waals surface area contributed by atoms with E-state index in [1.165, 1.54) is 0 Å². The lowest BCUT2D eigenvalue weighted by Gasteiger charge is -2.49. The molecule has 0 saturated carbocycles. The fourth-order valence-electron chi connectivity index (χ4n) is 3.07. The van der Waals surface area contributed by atoms with Crippen molar-refractivity contribution < 1.29 is 13.6 Å². The number of carbonyl (C=O) groups is 1. The van der Waals surface area contributed by atoms with Crippen molar-refractivity contribution in [3.05, 3.63) is 0 Å².